The molecule has 0 radical (unpaired) electrons. The Hall–Kier alpha value is -2.24. The molecule has 0 aromatic carbocycles. The number of nitrogens with zero attached hydrogens (tertiary/aromatic N) is 4. The fraction of sp³-hybridized carbons (Fsp3) is 0.333. The Morgan fingerprint density at radius 3 is 2.94 bits per heavy atom. The minimum Gasteiger partial charge on any atom is -0.293 e. The lowest BCUT2D eigenvalue weighted by Gasteiger charge is -2.13. The van der Waals surface area contributed by atoms with E-state index in [2.05, 4.69) is 20.2 Å². The molecule has 1 amide bonds. The third-order valence-electron chi connectivity index (χ3n) is 2.96. The van der Waals surface area contributed by atoms with Crippen LogP contribution in [0.15, 0.2) is 24.4 Å². The van der Waals surface area contributed by atoms with Crippen molar-refractivity contribution in [1.29, 1.82) is 0 Å². The van der Waals surface area contributed by atoms with E-state index in [1.165, 1.54) is 4.90 Å². The summed E-state index contributed by atoms with van der Waals surface area (Å²) in [5.41, 5.74) is 0. The van der Waals surface area contributed by atoms with Crippen molar-refractivity contribution in [3.63, 3.8) is 0 Å². The molecule has 1 saturated carbocycles. The van der Waals surface area contributed by atoms with E-state index < -0.39 is 0 Å². The second-order valence-electron chi connectivity index (χ2n) is 4.37. The number of amides is 1. The third kappa shape index (κ3) is 1.97. The van der Waals surface area contributed by atoms with Crippen LogP contribution in [0.2, 0.25) is 0 Å². The van der Waals surface area contributed by atoms with Crippen molar-refractivity contribution < 1.29 is 4.79 Å². The molecule has 0 saturated heterocycles. The Balaban J connectivity index is 1.80. The SMILES string of the molecule is CN(C(=O)c1n[nH]c(C2CC2)n1)c1ccccn1. The predicted octanol–water partition coefficient (Wildman–Crippen LogP) is 1.35. The molecule has 0 aliphatic heterocycles. The third-order valence-corrected chi connectivity index (χ3v) is 2.96. The molecular formula is C12H13N5O. The number of pyridine rings is 1. The average molecular weight is 243 g/mol. The summed E-state index contributed by atoms with van der Waals surface area (Å²) in [5.74, 6) is 1.80. The van der Waals surface area contributed by atoms with E-state index in [-0.39, 0.29) is 11.7 Å². The number of carbonyl (C=O) groups is 1. The van der Waals surface area contributed by atoms with Crippen molar-refractivity contribution in [3.8, 4) is 0 Å². The molecule has 2 heterocycles. The van der Waals surface area contributed by atoms with E-state index in [0.29, 0.717) is 11.7 Å². The first kappa shape index (κ1) is 10.9. The zero-order chi connectivity index (χ0) is 12.5. The molecule has 0 bridgehead atoms. The molecule has 3 rings (SSSR count). The Kier molecular flexibility index (Phi) is 2.55. The van der Waals surface area contributed by atoms with Crippen LogP contribution in [-0.2, 0) is 0 Å². The van der Waals surface area contributed by atoms with Crippen LogP contribution in [0, 0.1) is 0 Å². The summed E-state index contributed by atoms with van der Waals surface area (Å²) in [5, 5.41) is 6.79. The summed E-state index contributed by atoms with van der Waals surface area (Å²) in [6, 6.07) is 5.41. The fourth-order valence-electron chi connectivity index (χ4n) is 1.72. The van der Waals surface area contributed by atoms with Gasteiger partial charge in [-0.15, -0.1) is 5.10 Å². The quantitative estimate of drug-likeness (QED) is 0.883. The first-order chi connectivity index (χ1) is 8.75. The second kappa shape index (κ2) is 4.21. The highest BCUT2D eigenvalue weighted by atomic mass is 16.2. The van der Waals surface area contributed by atoms with Crippen LogP contribution < -0.4 is 4.90 Å². The second-order valence-corrected chi connectivity index (χ2v) is 4.37. The number of hydrogen-bond acceptors (Lipinski definition) is 4. The van der Waals surface area contributed by atoms with Gasteiger partial charge in [0.25, 0.3) is 5.91 Å². The van der Waals surface area contributed by atoms with Crippen LogP contribution in [0.25, 0.3) is 0 Å². The van der Waals surface area contributed by atoms with Gasteiger partial charge in [-0.05, 0) is 25.0 Å². The summed E-state index contributed by atoms with van der Waals surface area (Å²) in [6.07, 6.45) is 3.89. The number of aromatic amines is 1. The highest BCUT2D eigenvalue weighted by Crippen LogP contribution is 2.37. The van der Waals surface area contributed by atoms with Crippen LogP contribution in [0.1, 0.15) is 35.2 Å². The van der Waals surface area contributed by atoms with E-state index in [4.69, 9.17) is 0 Å². The molecule has 2 aromatic rings. The van der Waals surface area contributed by atoms with Gasteiger partial charge in [-0.25, -0.2) is 9.97 Å². The molecule has 0 unspecified atom stereocenters. The number of hydrogen-bond donors (Lipinski definition) is 1. The van der Waals surface area contributed by atoms with Gasteiger partial charge in [0.15, 0.2) is 0 Å². The zero-order valence-corrected chi connectivity index (χ0v) is 10.00. The van der Waals surface area contributed by atoms with Gasteiger partial charge in [-0.2, -0.15) is 0 Å². The van der Waals surface area contributed by atoms with Crippen molar-refractivity contribution >= 4 is 11.7 Å². The first-order valence-electron chi connectivity index (χ1n) is 5.87. The van der Waals surface area contributed by atoms with E-state index in [9.17, 15) is 4.79 Å². The molecule has 1 fully saturated rings. The van der Waals surface area contributed by atoms with Crippen LogP contribution >= 0.6 is 0 Å². The highest BCUT2D eigenvalue weighted by molar-refractivity contribution is 6.02. The highest BCUT2D eigenvalue weighted by Gasteiger charge is 2.29. The molecule has 18 heavy (non-hydrogen) atoms. The number of rotatable bonds is 3. The van der Waals surface area contributed by atoms with Crippen LogP contribution in [0.5, 0.6) is 0 Å². The monoisotopic (exact) mass is 243 g/mol. The number of carbonyl (C=O) groups excluding carboxylic acids is 1. The van der Waals surface area contributed by atoms with E-state index in [1.54, 1.807) is 25.4 Å². The molecule has 1 N–H and O–H groups in total. The van der Waals surface area contributed by atoms with Crippen molar-refractivity contribution in [2.24, 2.45) is 0 Å². The number of aromatic nitrogens is 4. The summed E-state index contributed by atoms with van der Waals surface area (Å²) >= 11 is 0. The molecule has 1 aliphatic rings. The maximum absolute atomic E-state index is 12.1. The van der Waals surface area contributed by atoms with Gasteiger partial charge in [0.2, 0.25) is 5.82 Å². The van der Waals surface area contributed by atoms with Crippen molar-refractivity contribution in [2.45, 2.75) is 18.8 Å². The molecule has 92 valence electrons. The molecule has 0 spiro atoms. The molecule has 1 aliphatic carbocycles. The van der Waals surface area contributed by atoms with Crippen molar-refractivity contribution in [3.05, 3.63) is 36.0 Å². The molecule has 6 nitrogen and oxygen atoms in total. The maximum atomic E-state index is 12.1. The van der Waals surface area contributed by atoms with E-state index >= 15 is 0 Å². The summed E-state index contributed by atoms with van der Waals surface area (Å²) in [7, 11) is 1.66. The topological polar surface area (TPSA) is 74.8 Å². The molecule has 0 atom stereocenters. The van der Waals surface area contributed by atoms with Gasteiger partial charge in [-0.1, -0.05) is 6.07 Å². The lowest BCUT2D eigenvalue weighted by molar-refractivity contribution is 0.0982. The smallest absolute Gasteiger partial charge is 0.293 e. The van der Waals surface area contributed by atoms with E-state index in [1.807, 2.05) is 6.07 Å². The first-order valence-corrected chi connectivity index (χ1v) is 5.87. The van der Waals surface area contributed by atoms with Gasteiger partial charge in [0, 0.05) is 19.2 Å². The standard InChI is InChI=1S/C12H13N5O/c1-17(9-4-2-3-7-13-9)12(18)11-14-10(15-16-11)8-5-6-8/h2-4,7-8H,5-6H2,1H3,(H,14,15,16). The largest absolute Gasteiger partial charge is 0.298 e. The van der Waals surface area contributed by atoms with Gasteiger partial charge in [-0.3, -0.25) is 14.8 Å². The number of anilines is 1. The molecule has 6 heteroatoms. The summed E-state index contributed by atoms with van der Waals surface area (Å²) < 4.78 is 0. The minimum atomic E-state index is -0.253. The van der Waals surface area contributed by atoms with Gasteiger partial charge < -0.3 is 0 Å². The zero-order valence-electron chi connectivity index (χ0n) is 10.00. The van der Waals surface area contributed by atoms with Gasteiger partial charge in [0.05, 0.1) is 0 Å². The Morgan fingerprint density at radius 1 is 1.44 bits per heavy atom. The maximum Gasteiger partial charge on any atom is 0.298 e. The lowest BCUT2D eigenvalue weighted by atomic mass is 10.4. The Bertz CT molecular complexity index is 561. The number of H-pyrrole nitrogens is 1. The minimum absolute atomic E-state index is 0.199. The van der Waals surface area contributed by atoms with Gasteiger partial charge in [0.1, 0.15) is 11.6 Å². The van der Waals surface area contributed by atoms with E-state index in [0.717, 1.165) is 18.7 Å². The van der Waals surface area contributed by atoms with Crippen LogP contribution in [0.3, 0.4) is 0 Å². The fourth-order valence-corrected chi connectivity index (χ4v) is 1.72. The molecule has 2 aromatic heterocycles. The van der Waals surface area contributed by atoms with Crippen LogP contribution in [0.4, 0.5) is 5.82 Å². The summed E-state index contributed by atoms with van der Waals surface area (Å²) in [4.78, 5) is 21.9. The lowest BCUT2D eigenvalue weighted by Crippen LogP contribution is -2.28. The number of nitrogens with one attached hydrogen (secondary N) is 1. The Morgan fingerprint density at radius 2 is 2.28 bits per heavy atom. The Labute approximate surface area is 104 Å². The predicted molar refractivity (Wildman–Crippen MR) is 65.3 cm³/mol. The van der Waals surface area contributed by atoms with Crippen molar-refractivity contribution in [2.75, 3.05) is 11.9 Å². The summed E-state index contributed by atoms with van der Waals surface area (Å²) in [6.45, 7) is 0. The van der Waals surface area contributed by atoms with Crippen LogP contribution in [-0.4, -0.2) is 33.1 Å². The van der Waals surface area contributed by atoms with Crippen molar-refractivity contribution in [1.82, 2.24) is 20.2 Å². The normalized spacial score (nSPS) is 14.5. The average Bonchev–Trinajstić information content (AvgIpc) is 3.16. The van der Waals surface area contributed by atoms with Gasteiger partial charge >= 0.3 is 0 Å². The molecular weight excluding hydrogens is 230 g/mol.